The summed E-state index contributed by atoms with van der Waals surface area (Å²) in [6.45, 7) is 0.624. The van der Waals surface area contributed by atoms with Gasteiger partial charge < -0.3 is 16.6 Å². The van der Waals surface area contributed by atoms with Crippen LogP contribution in [-0.4, -0.2) is 17.7 Å². The van der Waals surface area contributed by atoms with Gasteiger partial charge in [0.2, 0.25) is 0 Å². The average molecular weight is 180 g/mol. The van der Waals surface area contributed by atoms with E-state index in [2.05, 4.69) is 0 Å². The first-order valence-corrected chi connectivity index (χ1v) is 4.46. The number of benzene rings is 1. The van der Waals surface area contributed by atoms with Gasteiger partial charge in [0.15, 0.2) is 0 Å². The van der Waals surface area contributed by atoms with Crippen molar-refractivity contribution >= 4 is 0 Å². The molecule has 0 spiro atoms. The highest BCUT2D eigenvalue weighted by molar-refractivity contribution is 5.26. The van der Waals surface area contributed by atoms with E-state index in [1.54, 1.807) is 12.1 Å². The minimum atomic E-state index is 0.120. The maximum atomic E-state index is 9.04. The monoisotopic (exact) mass is 180 g/mol. The van der Waals surface area contributed by atoms with E-state index in [1.807, 2.05) is 12.1 Å². The summed E-state index contributed by atoms with van der Waals surface area (Å²) in [5.74, 6) is 0.288. The molecule has 1 atom stereocenters. The maximum Gasteiger partial charge on any atom is 0.115 e. The standard InChI is InChI=1S/C10H16N2O/c11-6-5-9(12)7-8-1-3-10(13)4-2-8/h1-4,9,13H,5-7,11-12H2. The van der Waals surface area contributed by atoms with Crippen LogP contribution >= 0.6 is 0 Å². The summed E-state index contributed by atoms with van der Waals surface area (Å²) in [7, 11) is 0. The van der Waals surface area contributed by atoms with Crippen molar-refractivity contribution in [3.05, 3.63) is 29.8 Å². The first kappa shape index (κ1) is 10.0. The average Bonchev–Trinajstić information content (AvgIpc) is 2.09. The first-order chi connectivity index (χ1) is 6.22. The number of hydrogen-bond donors (Lipinski definition) is 3. The highest BCUT2D eigenvalue weighted by atomic mass is 16.3. The largest absolute Gasteiger partial charge is 0.508 e. The van der Waals surface area contributed by atoms with E-state index in [-0.39, 0.29) is 11.8 Å². The van der Waals surface area contributed by atoms with Crippen LogP contribution in [0.15, 0.2) is 24.3 Å². The Kier molecular flexibility index (Phi) is 3.73. The normalized spacial score (nSPS) is 12.8. The number of aromatic hydroxyl groups is 1. The Labute approximate surface area is 78.4 Å². The number of phenolic OH excluding ortho intramolecular Hbond substituents is 1. The van der Waals surface area contributed by atoms with Crippen molar-refractivity contribution in [1.29, 1.82) is 0 Å². The molecule has 0 aliphatic carbocycles. The molecule has 5 N–H and O–H groups in total. The summed E-state index contributed by atoms with van der Waals surface area (Å²) in [5, 5.41) is 9.04. The Morgan fingerprint density at radius 2 is 1.85 bits per heavy atom. The van der Waals surface area contributed by atoms with Crippen LogP contribution in [0.3, 0.4) is 0 Å². The van der Waals surface area contributed by atoms with Gasteiger partial charge in [0.05, 0.1) is 0 Å². The molecule has 0 saturated carbocycles. The quantitative estimate of drug-likeness (QED) is 0.635. The Balaban J connectivity index is 2.49. The topological polar surface area (TPSA) is 72.3 Å². The Morgan fingerprint density at radius 3 is 2.38 bits per heavy atom. The lowest BCUT2D eigenvalue weighted by atomic mass is 10.0. The summed E-state index contributed by atoms with van der Waals surface area (Å²) in [6, 6.07) is 7.22. The zero-order chi connectivity index (χ0) is 9.68. The van der Waals surface area contributed by atoms with Crippen molar-refractivity contribution < 1.29 is 5.11 Å². The van der Waals surface area contributed by atoms with Crippen LogP contribution in [0.4, 0.5) is 0 Å². The number of nitrogens with two attached hydrogens (primary N) is 2. The summed E-state index contributed by atoms with van der Waals surface area (Å²) in [5.41, 5.74) is 12.3. The molecule has 3 heteroatoms. The summed E-state index contributed by atoms with van der Waals surface area (Å²) in [6.07, 6.45) is 1.65. The van der Waals surface area contributed by atoms with Crippen LogP contribution in [0.2, 0.25) is 0 Å². The fraction of sp³-hybridized carbons (Fsp3) is 0.400. The zero-order valence-electron chi connectivity index (χ0n) is 7.61. The van der Waals surface area contributed by atoms with Gasteiger partial charge in [0.25, 0.3) is 0 Å². The predicted octanol–water partition coefficient (Wildman–Crippen LogP) is 0.611. The Morgan fingerprint density at radius 1 is 1.23 bits per heavy atom. The lowest BCUT2D eigenvalue weighted by molar-refractivity contribution is 0.475. The molecule has 1 aromatic carbocycles. The van der Waals surface area contributed by atoms with E-state index in [9.17, 15) is 0 Å². The van der Waals surface area contributed by atoms with E-state index >= 15 is 0 Å². The molecular formula is C10H16N2O. The molecule has 0 aliphatic heterocycles. The van der Waals surface area contributed by atoms with Gasteiger partial charge in [-0.2, -0.15) is 0 Å². The van der Waals surface area contributed by atoms with E-state index in [0.29, 0.717) is 6.54 Å². The van der Waals surface area contributed by atoms with Crippen LogP contribution in [0.1, 0.15) is 12.0 Å². The third-order valence-electron chi connectivity index (χ3n) is 1.97. The van der Waals surface area contributed by atoms with Crippen molar-refractivity contribution in [3.8, 4) is 5.75 Å². The molecule has 0 heterocycles. The molecule has 0 saturated heterocycles. The number of rotatable bonds is 4. The van der Waals surface area contributed by atoms with Gasteiger partial charge >= 0.3 is 0 Å². The third kappa shape index (κ3) is 3.44. The second kappa shape index (κ2) is 4.84. The summed E-state index contributed by atoms with van der Waals surface area (Å²) < 4.78 is 0. The van der Waals surface area contributed by atoms with E-state index < -0.39 is 0 Å². The van der Waals surface area contributed by atoms with Gasteiger partial charge in [0.1, 0.15) is 5.75 Å². The predicted molar refractivity (Wildman–Crippen MR) is 53.5 cm³/mol. The molecule has 0 fully saturated rings. The highest BCUT2D eigenvalue weighted by Gasteiger charge is 2.02. The third-order valence-corrected chi connectivity index (χ3v) is 1.97. The molecule has 0 aliphatic rings. The molecule has 0 aromatic heterocycles. The van der Waals surface area contributed by atoms with Gasteiger partial charge in [-0.25, -0.2) is 0 Å². The smallest absolute Gasteiger partial charge is 0.115 e. The van der Waals surface area contributed by atoms with Crippen LogP contribution in [0, 0.1) is 0 Å². The maximum absolute atomic E-state index is 9.04. The first-order valence-electron chi connectivity index (χ1n) is 4.46. The van der Waals surface area contributed by atoms with Crippen molar-refractivity contribution in [1.82, 2.24) is 0 Å². The van der Waals surface area contributed by atoms with Crippen molar-refractivity contribution in [2.45, 2.75) is 18.9 Å². The van der Waals surface area contributed by atoms with Crippen molar-refractivity contribution in [2.75, 3.05) is 6.54 Å². The molecule has 0 bridgehead atoms. The van der Waals surface area contributed by atoms with Gasteiger partial charge in [0, 0.05) is 6.04 Å². The molecule has 3 nitrogen and oxygen atoms in total. The minimum Gasteiger partial charge on any atom is -0.508 e. The minimum absolute atomic E-state index is 0.120. The molecular weight excluding hydrogens is 164 g/mol. The van der Waals surface area contributed by atoms with Crippen molar-refractivity contribution in [3.63, 3.8) is 0 Å². The van der Waals surface area contributed by atoms with Gasteiger partial charge in [-0.15, -0.1) is 0 Å². The van der Waals surface area contributed by atoms with E-state index in [0.717, 1.165) is 18.4 Å². The molecule has 0 amide bonds. The lowest BCUT2D eigenvalue weighted by Gasteiger charge is -2.09. The molecule has 0 radical (unpaired) electrons. The molecule has 1 unspecified atom stereocenters. The Bertz CT molecular complexity index is 246. The fourth-order valence-corrected chi connectivity index (χ4v) is 1.25. The Hall–Kier alpha value is -1.06. The summed E-state index contributed by atoms with van der Waals surface area (Å²) in [4.78, 5) is 0. The molecule has 1 rings (SSSR count). The van der Waals surface area contributed by atoms with Crippen molar-refractivity contribution in [2.24, 2.45) is 11.5 Å². The number of hydrogen-bond acceptors (Lipinski definition) is 3. The molecule has 72 valence electrons. The van der Waals surface area contributed by atoms with Gasteiger partial charge in [-0.1, -0.05) is 12.1 Å². The van der Waals surface area contributed by atoms with Crippen LogP contribution < -0.4 is 11.5 Å². The summed E-state index contributed by atoms with van der Waals surface area (Å²) >= 11 is 0. The molecule has 13 heavy (non-hydrogen) atoms. The van der Waals surface area contributed by atoms with E-state index in [4.69, 9.17) is 16.6 Å². The molecule has 1 aromatic rings. The highest BCUT2D eigenvalue weighted by Crippen LogP contribution is 2.11. The van der Waals surface area contributed by atoms with E-state index in [1.165, 1.54) is 0 Å². The van der Waals surface area contributed by atoms with Gasteiger partial charge in [-0.05, 0) is 37.1 Å². The second-order valence-corrected chi connectivity index (χ2v) is 3.21. The number of phenols is 1. The zero-order valence-corrected chi connectivity index (χ0v) is 7.61. The second-order valence-electron chi connectivity index (χ2n) is 3.21. The van der Waals surface area contributed by atoms with Crippen LogP contribution in [-0.2, 0) is 6.42 Å². The van der Waals surface area contributed by atoms with Crippen LogP contribution in [0.25, 0.3) is 0 Å². The SMILES string of the molecule is NCCC(N)Cc1ccc(O)cc1. The lowest BCUT2D eigenvalue weighted by Crippen LogP contribution is -2.25. The fourth-order valence-electron chi connectivity index (χ4n) is 1.25. The van der Waals surface area contributed by atoms with Crippen LogP contribution in [0.5, 0.6) is 5.75 Å². The van der Waals surface area contributed by atoms with Gasteiger partial charge in [-0.3, -0.25) is 0 Å².